The fourth-order valence-corrected chi connectivity index (χ4v) is 2.99. The number of hydrogen-bond donors (Lipinski definition) is 2. The maximum absolute atomic E-state index is 12.7. The molecule has 0 bridgehead atoms. The molecule has 0 spiro atoms. The van der Waals surface area contributed by atoms with Gasteiger partial charge in [0.15, 0.2) is 0 Å². The van der Waals surface area contributed by atoms with Crippen molar-refractivity contribution in [2.24, 2.45) is 0 Å². The molecule has 0 unspecified atom stereocenters. The van der Waals surface area contributed by atoms with Gasteiger partial charge in [0.25, 0.3) is 11.5 Å². The number of halogens is 2. The van der Waals surface area contributed by atoms with E-state index in [1.807, 2.05) is 0 Å². The molecule has 1 aromatic heterocycles. The molecule has 1 aromatic carbocycles. The van der Waals surface area contributed by atoms with Crippen LogP contribution in [0.15, 0.2) is 29.2 Å². The zero-order chi connectivity index (χ0) is 23.3. The Labute approximate surface area is 188 Å². The minimum Gasteiger partial charge on any atom is -0.460 e. The first-order valence-electron chi connectivity index (χ1n) is 9.21. The van der Waals surface area contributed by atoms with Gasteiger partial charge < -0.3 is 9.64 Å². The zero-order valence-corrected chi connectivity index (χ0v) is 18.9. The van der Waals surface area contributed by atoms with Crippen molar-refractivity contribution in [2.45, 2.75) is 39.2 Å². The number of ether oxygens (including phenoxy) is 1. The van der Waals surface area contributed by atoms with E-state index in [4.69, 9.17) is 27.9 Å². The molecule has 0 saturated carbocycles. The first-order valence-corrected chi connectivity index (χ1v) is 9.97. The molecule has 166 valence electrons. The Morgan fingerprint density at radius 2 is 1.87 bits per heavy atom. The zero-order valence-electron chi connectivity index (χ0n) is 17.4. The minimum atomic E-state index is -0.751. The van der Waals surface area contributed by atoms with Crippen molar-refractivity contribution < 1.29 is 19.1 Å². The summed E-state index contributed by atoms with van der Waals surface area (Å²) in [5.41, 5.74) is -1.29. The third-order valence-corrected chi connectivity index (χ3v) is 4.38. The second-order valence-electron chi connectivity index (χ2n) is 7.57. The smallest absolute Gasteiger partial charge is 0.306 e. The molecule has 11 heteroatoms. The molecule has 0 radical (unpaired) electrons. The van der Waals surface area contributed by atoms with Gasteiger partial charge in [-0.15, -0.1) is 0 Å². The van der Waals surface area contributed by atoms with Crippen LogP contribution in [-0.2, 0) is 14.3 Å². The van der Waals surface area contributed by atoms with E-state index in [-0.39, 0.29) is 29.4 Å². The van der Waals surface area contributed by atoms with Crippen LogP contribution in [0.4, 0.5) is 11.6 Å². The maximum Gasteiger partial charge on any atom is 0.306 e. The molecule has 0 fully saturated rings. The van der Waals surface area contributed by atoms with Crippen LogP contribution in [0.25, 0.3) is 0 Å². The number of anilines is 2. The van der Waals surface area contributed by atoms with Crippen LogP contribution in [0, 0.1) is 0 Å². The monoisotopic (exact) mass is 468 g/mol. The molecule has 2 amide bonds. The lowest BCUT2D eigenvalue weighted by molar-refractivity contribution is -0.155. The summed E-state index contributed by atoms with van der Waals surface area (Å²) in [5, 5.41) is 3.01. The van der Waals surface area contributed by atoms with Gasteiger partial charge in [0, 0.05) is 24.7 Å². The first-order chi connectivity index (χ1) is 14.4. The normalized spacial score (nSPS) is 11.0. The Morgan fingerprint density at radius 3 is 2.45 bits per heavy atom. The molecule has 2 aromatic rings. The van der Waals surface area contributed by atoms with E-state index in [1.54, 1.807) is 32.9 Å². The molecular formula is C20H22Cl2N4O5. The van der Waals surface area contributed by atoms with Crippen molar-refractivity contribution in [1.29, 1.82) is 0 Å². The number of hydrogen-bond acceptors (Lipinski definition) is 6. The lowest BCUT2D eigenvalue weighted by Crippen LogP contribution is -2.32. The predicted molar refractivity (Wildman–Crippen MR) is 118 cm³/mol. The highest BCUT2D eigenvalue weighted by atomic mass is 35.5. The predicted octanol–water partition coefficient (Wildman–Crippen LogP) is 3.41. The van der Waals surface area contributed by atoms with Gasteiger partial charge in [0.05, 0.1) is 17.1 Å². The van der Waals surface area contributed by atoms with E-state index in [9.17, 15) is 19.2 Å². The molecule has 0 atom stereocenters. The molecule has 0 aliphatic carbocycles. The van der Waals surface area contributed by atoms with E-state index in [1.165, 1.54) is 18.0 Å². The largest absolute Gasteiger partial charge is 0.460 e. The molecule has 2 rings (SSSR count). The fourth-order valence-electron chi connectivity index (χ4n) is 2.46. The van der Waals surface area contributed by atoms with Gasteiger partial charge in [0.1, 0.15) is 11.2 Å². The summed E-state index contributed by atoms with van der Waals surface area (Å²) in [4.78, 5) is 56.1. The number of benzene rings is 1. The Bertz CT molecular complexity index is 1060. The molecule has 0 aliphatic heterocycles. The maximum atomic E-state index is 12.7. The number of nitrogens with one attached hydrogen (secondary N) is 2. The molecule has 9 nitrogen and oxygen atoms in total. The van der Waals surface area contributed by atoms with Gasteiger partial charge in [-0.05, 0) is 39.0 Å². The summed E-state index contributed by atoms with van der Waals surface area (Å²) in [5.74, 6) is -1.87. The van der Waals surface area contributed by atoms with Crippen molar-refractivity contribution in [2.75, 3.05) is 17.3 Å². The van der Waals surface area contributed by atoms with Crippen molar-refractivity contribution in [1.82, 2.24) is 9.97 Å². The lowest BCUT2D eigenvalue weighted by Gasteiger charge is -2.19. The summed E-state index contributed by atoms with van der Waals surface area (Å²) in [7, 11) is 1.45. The standard InChI is InChI=1S/C20H22Cl2N4O5/c1-20(2,3)31-16(28)8-7-15(27)24-19-23-10-12(17(29)25-19)18(30)26(4)14-6-5-11(21)9-13(14)22/h5-6,9-10H,7-8H2,1-4H3,(H2,23,24,25,27,29). The van der Waals surface area contributed by atoms with Gasteiger partial charge in [-0.1, -0.05) is 23.2 Å². The van der Waals surface area contributed by atoms with Crippen LogP contribution in [0.3, 0.4) is 0 Å². The number of H-pyrrole nitrogens is 1. The van der Waals surface area contributed by atoms with Crippen molar-refractivity contribution in [3.63, 3.8) is 0 Å². The Balaban J connectivity index is 2.04. The number of amides is 2. The van der Waals surface area contributed by atoms with Gasteiger partial charge in [-0.3, -0.25) is 29.5 Å². The molecule has 0 saturated heterocycles. The number of esters is 1. The number of aromatic amines is 1. The lowest BCUT2D eigenvalue weighted by atomic mass is 10.2. The number of nitrogens with zero attached hydrogens (tertiary/aromatic N) is 2. The molecular weight excluding hydrogens is 447 g/mol. The van der Waals surface area contributed by atoms with Gasteiger partial charge in [-0.25, -0.2) is 4.98 Å². The summed E-state index contributed by atoms with van der Waals surface area (Å²) >= 11 is 12.0. The fraction of sp³-hybridized carbons (Fsp3) is 0.350. The third kappa shape index (κ3) is 7.08. The number of carbonyl (C=O) groups excluding carboxylic acids is 3. The third-order valence-electron chi connectivity index (χ3n) is 3.84. The second-order valence-corrected chi connectivity index (χ2v) is 8.41. The van der Waals surface area contributed by atoms with Gasteiger partial charge in [-0.2, -0.15) is 0 Å². The highest BCUT2D eigenvalue weighted by molar-refractivity contribution is 6.37. The summed E-state index contributed by atoms with van der Waals surface area (Å²) in [6.45, 7) is 5.17. The van der Waals surface area contributed by atoms with E-state index < -0.39 is 28.9 Å². The summed E-state index contributed by atoms with van der Waals surface area (Å²) in [6, 6.07) is 4.58. The van der Waals surface area contributed by atoms with Gasteiger partial charge in [0.2, 0.25) is 11.9 Å². The SMILES string of the molecule is CN(C(=O)c1cnc(NC(=O)CCC(=O)OC(C)(C)C)[nH]c1=O)c1ccc(Cl)cc1Cl. The van der Waals surface area contributed by atoms with E-state index >= 15 is 0 Å². The van der Waals surface area contributed by atoms with Crippen molar-refractivity contribution in [3.05, 3.63) is 50.4 Å². The molecule has 2 N–H and O–H groups in total. The van der Waals surface area contributed by atoms with Crippen LogP contribution in [0.2, 0.25) is 10.0 Å². The molecule has 31 heavy (non-hydrogen) atoms. The highest BCUT2D eigenvalue weighted by Crippen LogP contribution is 2.28. The number of aromatic nitrogens is 2. The molecule has 0 aliphatic rings. The molecule has 1 heterocycles. The van der Waals surface area contributed by atoms with Crippen LogP contribution in [0.1, 0.15) is 44.0 Å². The van der Waals surface area contributed by atoms with Crippen LogP contribution >= 0.6 is 23.2 Å². The average Bonchev–Trinajstić information content (AvgIpc) is 2.64. The second kappa shape index (κ2) is 9.93. The highest BCUT2D eigenvalue weighted by Gasteiger charge is 2.21. The van der Waals surface area contributed by atoms with Gasteiger partial charge >= 0.3 is 5.97 Å². The topological polar surface area (TPSA) is 121 Å². The van der Waals surface area contributed by atoms with Crippen molar-refractivity contribution in [3.8, 4) is 0 Å². The van der Waals surface area contributed by atoms with Crippen molar-refractivity contribution >= 4 is 52.6 Å². The quantitative estimate of drug-likeness (QED) is 0.626. The minimum absolute atomic E-state index is 0.128. The van der Waals surface area contributed by atoms with Crippen LogP contribution in [-0.4, -0.2) is 40.4 Å². The average molecular weight is 469 g/mol. The van der Waals surface area contributed by atoms with E-state index in [0.717, 1.165) is 6.20 Å². The van der Waals surface area contributed by atoms with Crippen LogP contribution in [0.5, 0.6) is 0 Å². The summed E-state index contributed by atoms with van der Waals surface area (Å²) < 4.78 is 5.12. The number of carbonyl (C=O) groups is 3. The van der Waals surface area contributed by atoms with E-state index in [2.05, 4.69) is 15.3 Å². The Hall–Kier alpha value is -2.91. The number of rotatable bonds is 6. The Morgan fingerprint density at radius 1 is 1.19 bits per heavy atom. The first kappa shape index (κ1) is 24.4. The summed E-state index contributed by atoms with van der Waals surface area (Å²) in [6.07, 6.45) is 0.763. The van der Waals surface area contributed by atoms with Crippen LogP contribution < -0.4 is 15.8 Å². The Kier molecular flexibility index (Phi) is 7.80. The van der Waals surface area contributed by atoms with E-state index in [0.29, 0.717) is 10.7 Å².